The van der Waals surface area contributed by atoms with Crippen LogP contribution in [-0.2, 0) is 6.42 Å². The summed E-state index contributed by atoms with van der Waals surface area (Å²) in [6.07, 6.45) is 5.37. The molecule has 1 unspecified atom stereocenters. The maximum atomic E-state index is 3.72. The van der Waals surface area contributed by atoms with Crippen molar-refractivity contribution in [3.63, 3.8) is 0 Å². The van der Waals surface area contributed by atoms with Crippen molar-refractivity contribution >= 4 is 0 Å². The number of aryl methyl sites for hydroxylation is 1. The number of hydrogen-bond acceptors (Lipinski definition) is 1. The molecule has 1 atom stereocenters. The predicted octanol–water partition coefficient (Wildman–Crippen LogP) is 3.87. The molecule has 0 aromatic heterocycles. The largest absolute Gasteiger partial charge is 0.310 e. The fourth-order valence-corrected chi connectivity index (χ4v) is 1.78. The van der Waals surface area contributed by atoms with Gasteiger partial charge in [-0.05, 0) is 37.4 Å². The summed E-state index contributed by atoms with van der Waals surface area (Å²) >= 11 is 0. The van der Waals surface area contributed by atoms with Crippen molar-refractivity contribution in [3.8, 4) is 0 Å². The fraction of sp³-hybridized carbons (Fsp3) is 0.467. The van der Waals surface area contributed by atoms with E-state index in [4.69, 9.17) is 0 Å². The minimum Gasteiger partial charge on any atom is -0.310 e. The van der Waals surface area contributed by atoms with Crippen molar-refractivity contribution in [2.45, 2.75) is 39.2 Å². The molecule has 0 amide bonds. The smallest absolute Gasteiger partial charge is 0.0291 e. The molecule has 1 aromatic rings. The Kier molecular flexibility index (Phi) is 5.87. The SMILES string of the molecule is C=CCCNC(C)c1ccc(CCC)cc1. The van der Waals surface area contributed by atoms with E-state index in [2.05, 4.69) is 50.0 Å². The maximum absolute atomic E-state index is 3.72. The Morgan fingerprint density at radius 1 is 1.31 bits per heavy atom. The molecule has 1 rings (SSSR count). The van der Waals surface area contributed by atoms with Crippen LogP contribution in [0.1, 0.15) is 43.9 Å². The average Bonchev–Trinajstić information content (AvgIpc) is 2.30. The summed E-state index contributed by atoms with van der Waals surface area (Å²) < 4.78 is 0. The van der Waals surface area contributed by atoms with E-state index in [0.29, 0.717) is 6.04 Å². The Balaban J connectivity index is 2.48. The molecule has 0 heterocycles. The quantitative estimate of drug-likeness (QED) is 0.540. The maximum Gasteiger partial charge on any atom is 0.0291 e. The second-order valence-electron chi connectivity index (χ2n) is 4.24. The van der Waals surface area contributed by atoms with Crippen LogP contribution in [0.25, 0.3) is 0 Å². The minimum absolute atomic E-state index is 0.427. The van der Waals surface area contributed by atoms with Gasteiger partial charge < -0.3 is 5.32 Å². The standard InChI is InChI=1S/C15H23N/c1-4-6-12-16-13(3)15-10-8-14(7-5-2)9-11-15/h4,8-11,13,16H,1,5-7,12H2,2-3H3. The Bertz CT molecular complexity index is 300. The molecule has 0 bridgehead atoms. The molecule has 0 aliphatic carbocycles. The van der Waals surface area contributed by atoms with Gasteiger partial charge in [0, 0.05) is 6.04 Å². The molecule has 0 aliphatic heterocycles. The minimum atomic E-state index is 0.427. The second-order valence-corrected chi connectivity index (χ2v) is 4.24. The summed E-state index contributed by atoms with van der Waals surface area (Å²) in [5.41, 5.74) is 2.80. The van der Waals surface area contributed by atoms with Crippen LogP contribution in [0.15, 0.2) is 36.9 Å². The highest BCUT2D eigenvalue weighted by Crippen LogP contribution is 2.14. The summed E-state index contributed by atoms with van der Waals surface area (Å²) in [5.74, 6) is 0. The van der Waals surface area contributed by atoms with E-state index in [1.807, 2.05) is 6.08 Å². The average molecular weight is 217 g/mol. The van der Waals surface area contributed by atoms with Crippen LogP contribution < -0.4 is 5.32 Å². The molecular weight excluding hydrogens is 194 g/mol. The lowest BCUT2D eigenvalue weighted by atomic mass is 10.0. The molecule has 0 radical (unpaired) electrons. The topological polar surface area (TPSA) is 12.0 Å². The van der Waals surface area contributed by atoms with E-state index in [-0.39, 0.29) is 0 Å². The van der Waals surface area contributed by atoms with Gasteiger partial charge in [-0.3, -0.25) is 0 Å². The molecule has 0 aliphatic rings. The van der Waals surface area contributed by atoms with Gasteiger partial charge >= 0.3 is 0 Å². The fourth-order valence-electron chi connectivity index (χ4n) is 1.78. The second kappa shape index (κ2) is 7.24. The van der Waals surface area contributed by atoms with Crippen molar-refractivity contribution in [3.05, 3.63) is 48.0 Å². The lowest BCUT2D eigenvalue weighted by Crippen LogP contribution is -2.19. The van der Waals surface area contributed by atoms with Gasteiger partial charge in [-0.1, -0.05) is 43.7 Å². The molecule has 1 N–H and O–H groups in total. The van der Waals surface area contributed by atoms with E-state index >= 15 is 0 Å². The van der Waals surface area contributed by atoms with Crippen molar-refractivity contribution < 1.29 is 0 Å². The summed E-state index contributed by atoms with van der Waals surface area (Å²) in [5, 5.41) is 3.48. The van der Waals surface area contributed by atoms with Crippen molar-refractivity contribution in [1.29, 1.82) is 0 Å². The highest BCUT2D eigenvalue weighted by atomic mass is 14.9. The molecule has 16 heavy (non-hydrogen) atoms. The lowest BCUT2D eigenvalue weighted by Gasteiger charge is -2.14. The monoisotopic (exact) mass is 217 g/mol. The molecule has 0 saturated heterocycles. The van der Waals surface area contributed by atoms with Crippen molar-refractivity contribution in [2.75, 3.05) is 6.54 Å². The molecule has 0 fully saturated rings. The van der Waals surface area contributed by atoms with Gasteiger partial charge in [-0.2, -0.15) is 0 Å². The first-order valence-corrected chi connectivity index (χ1v) is 6.21. The molecule has 1 nitrogen and oxygen atoms in total. The van der Waals surface area contributed by atoms with Crippen molar-refractivity contribution in [1.82, 2.24) is 5.32 Å². The first kappa shape index (κ1) is 13.0. The summed E-state index contributed by atoms with van der Waals surface area (Å²) in [7, 11) is 0. The molecule has 88 valence electrons. The van der Waals surface area contributed by atoms with Gasteiger partial charge in [0.1, 0.15) is 0 Å². The molecule has 0 saturated carbocycles. The number of hydrogen-bond donors (Lipinski definition) is 1. The summed E-state index contributed by atoms with van der Waals surface area (Å²) in [6.45, 7) is 9.15. The van der Waals surface area contributed by atoms with E-state index in [0.717, 1.165) is 13.0 Å². The van der Waals surface area contributed by atoms with Gasteiger partial charge in [0.25, 0.3) is 0 Å². The zero-order valence-electron chi connectivity index (χ0n) is 10.5. The van der Waals surface area contributed by atoms with E-state index < -0.39 is 0 Å². The molecule has 1 heteroatoms. The van der Waals surface area contributed by atoms with Crippen molar-refractivity contribution in [2.24, 2.45) is 0 Å². The number of benzene rings is 1. The first-order chi connectivity index (χ1) is 7.77. The summed E-state index contributed by atoms with van der Waals surface area (Å²) in [4.78, 5) is 0. The van der Waals surface area contributed by atoms with Crippen LogP contribution in [0, 0.1) is 0 Å². The third kappa shape index (κ3) is 4.19. The zero-order valence-corrected chi connectivity index (χ0v) is 10.5. The van der Waals surface area contributed by atoms with Crippen LogP contribution in [0.2, 0.25) is 0 Å². The van der Waals surface area contributed by atoms with E-state index in [1.165, 1.54) is 24.0 Å². The number of rotatable bonds is 7. The Morgan fingerprint density at radius 2 is 2.00 bits per heavy atom. The lowest BCUT2D eigenvalue weighted by molar-refractivity contribution is 0.581. The van der Waals surface area contributed by atoms with Gasteiger partial charge in [0.15, 0.2) is 0 Å². The molecule has 0 spiro atoms. The third-order valence-corrected chi connectivity index (χ3v) is 2.82. The highest BCUT2D eigenvalue weighted by Gasteiger charge is 2.03. The zero-order chi connectivity index (χ0) is 11.8. The Morgan fingerprint density at radius 3 is 2.56 bits per heavy atom. The van der Waals surface area contributed by atoms with Gasteiger partial charge in [0.05, 0.1) is 0 Å². The van der Waals surface area contributed by atoms with Crippen LogP contribution in [0.5, 0.6) is 0 Å². The van der Waals surface area contributed by atoms with Crippen LogP contribution in [0.4, 0.5) is 0 Å². The number of nitrogens with one attached hydrogen (secondary N) is 1. The Hall–Kier alpha value is -1.08. The Labute approximate surface area is 99.6 Å². The predicted molar refractivity (Wildman–Crippen MR) is 71.7 cm³/mol. The van der Waals surface area contributed by atoms with Crippen LogP contribution in [0.3, 0.4) is 0 Å². The van der Waals surface area contributed by atoms with E-state index in [1.54, 1.807) is 0 Å². The van der Waals surface area contributed by atoms with Crippen LogP contribution >= 0.6 is 0 Å². The van der Waals surface area contributed by atoms with Gasteiger partial charge in [-0.15, -0.1) is 6.58 Å². The van der Waals surface area contributed by atoms with Crippen LogP contribution in [-0.4, -0.2) is 6.54 Å². The molecule has 1 aromatic carbocycles. The molecular formula is C15H23N. The highest BCUT2D eigenvalue weighted by molar-refractivity contribution is 5.24. The van der Waals surface area contributed by atoms with Gasteiger partial charge in [-0.25, -0.2) is 0 Å². The van der Waals surface area contributed by atoms with Gasteiger partial charge in [0.2, 0.25) is 0 Å². The normalized spacial score (nSPS) is 12.4. The summed E-state index contributed by atoms with van der Waals surface area (Å²) in [6, 6.07) is 9.37. The first-order valence-electron chi connectivity index (χ1n) is 6.21. The van der Waals surface area contributed by atoms with E-state index in [9.17, 15) is 0 Å². The third-order valence-electron chi connectivity index (χ3n) is 2.82.